The molecule has 2 amide bonds. The van der Waals surface area contributed by atoms with Gasteiger partial charge in [-0.1, -0.05) is 12.1 Å². The van der Waals surface area contributed by atoms with Crippen molar-refractivity contribution in [3.8, 4) is 0 Å². The molecule has 0 saturated heterocycles. The predicted molar refractivity (Wildman–Crippen MR) is 90.7 cm³/mol. The average Bonchev–Trinajstić information content (AvgIpc) is 3.45. The maximum Gasteiger partial charge on any atom is 0.416 e. The SMILES string of the molecule is Cc1c(CNC(=O)c2ccnc(NC(=O)C3CC3)n2)cccc1C(F)(F)F. The van der Waals surface area contributed by atoms with Gasteiger partial charge in [-0.05, 0) is 43.0 Å². The topological polar surface area (TPSA) is 84.0 Å². The number of hydrogen-bond acceptors (Lipinski definition) is 4. The Morgan fingerprint density at radius 1 is 1.22 bits per heavy atom. The van der Waals surface area contributed by atoms with Crippen LogP contribution in [0.15, 0.2) is 30.5 Å². The first-order valence-electron chi connectivity index (χ1n) is 8.33. The van der Waals surface area contributed by atoms with Crippen LogP contribution in [0.3, 0.4) is 0 Å². The van der Waals surface area contributed by atoms with E-state index in [0.29, 0.717) is 5.56 Å². The minimum absolute atomic E-state index is 0.0146. The molecule has 2 N–H and O–H groups in total. The monoisotopic (exact) mass is 378 g/mol. The minimum Gasteiger partial charge on any atom is -0.347 e. The molecule has 0 aliphatic heterocycles. The van der Waals surface area contributed by atoms with Crippen LogP contribution in [0.5, 0.6) is 0 Å². The van der Waals surface area contributed by atoms with Crippen LogP contribution in [0.4, 0.5) is 19.1 Å². The van der Waals surface area contributed by atoms with Crippen LogP contribution in [0, 0.1) is 12.8 Å². The molecule has 0 unspecified atom stereocenters. The van der Waals surface area contributed by atoms with Crippen molar-refractivity contribution >= 4 is 17.8 Å². The Labute approximate surface area is 153 Å². The van der Waals surface area contributed by atoms with E-state index in [4.69, 9.17) is 0 Å². The summed E-state index contributed by atoms with van der Waals surface area (Å²) in [6.45, 7) is 1.28. The van der Waals surface area contributed by atoms with Crippen LogP contribution < -0.4 is 10.6 Å². The second kappa shape index (κ2) is 7.34. The fourth-order valence-corrected chi connectivity index (χ4v) is 2.55. The largest absolute Gasteiger partial charge is 0.416 e. The van der Waals surface area contributed by atoms with Gasteiger partial charge >= 0.3 is 6.18 Å². The van der Waals surface area contributed by atoms with Crippen molar-refractivity contribution in [2.24, 2.45) is 5.92 Å². The number of anilines is 1. The first-order chi connectivity index (χ1) is 12.8. The minimum atomic E-state index is -4.45. The number of halogens is 3. The third-order valence-corrected chi connectivity index (χ3v) is 4.26. The highest BCUT2D eigenvalue weighted by Gasteiger charge is 2.33. The number of alkyl halides is 3. The van der Waals surface area contributed by atoms with E-state index >= 15 is 0 Å². The standard InChI is InChI=1S/C18H17F3N4O2/c1-10-12(3-2-4-13(10)18(19,20)21)9-23-16(27)14-7-8-22-17(24-14)25-15(26)11-5-6-11/h2-4,7-8,11H,5-6,9H2,1H3,(H,23,27)(H,22,24,25,26). The highest BCUT2D eigenvalue weighted by Crippen LogP contribution is 2.33. The molecule has 1 fully saturated rings. The lowest BCUT2D eigenvalue weighted by Crippen LogP contribution is -2.25. The number of aromatic nitrogens is 2. The first-order valence-corrected chi connectivity index (χ1v) is 8.33. The second-order valence-electron chi connectivity index (χ2n) is 6.30. The van der Waals surface area contributed by atoms with Gasteiger partial charge in [-0.3, -0.25) is 14.9 Å². The van der Waals surface area contributed by atoms with E-state index in [0.717, 1.165) is 18.9 Å². The second-order valence-corrected chi connectivity index (χ2v) is 6.30. The lowest BCUT2D eigenvalue weighted by atomic mass is 10.0. The van der Waals surface area contributed by atoms with Gasteiger partial charge in [-0.25, -0.2) is 9.97 Å². The van der Waals surface area contributed by atoms with E-state index in [1.165, 1.54) is 31.3 Å². The Balaban J connectivity index is 1.67. The molecule has 1 heterocycles. The Bertz CT molecular complexity index is 879. The first kappa shape index (κ1) is 18.8. The van der Waals surface area contributed by atoms with E-state index in [-0.39, 0.29) is 35.6 Å². The fraction of sp³-hybridized carbons (Fsp3) is 0.333. The van der Waals surface area contributed by atoms with E-state index in [9.17, 15) is 22.8 Å². The van der Waals surface area contributed by atoms with Gasteiger partial charge in [0.1, 0.15) is 5.69 Å². The molecule has 2 aromatic rings. The highest BCUT2D eigenvalue weighted by molar-refractivity contribution is 5.94. The summed E-state index contributed by atoms with van der Waals surface area (Å²) in [4.78, 5) is 31.9. The zero-order valence-corrected chi connectivity index (χ0v) is 14.4. The third kappa shape index (κ3) is 4.60. The number of amides is 2. The number of benzene rings is 1. The lowest BCUT2D eigenvalue weighted by molar-refractivity contribution is -0.138. The summed E-state index contributed by atoms with van der Waals surface area (Å²) in [6.07, 6.45) is -1.48. The summed E-state index contributed by atoms with van der Waals surface area (Å²) in [5.41, 5.74) is -0.304. The summed E-state index contributed by atoms with van der Waals surface area (Å²) in [7, 11) is 0. The molecule has 1 aromatic carbocycles. The van der Waals surface area contributed by atoms with Crippen LogP contribution in [0.1, 0.15) is 40.0 Å². The van der Waals surface area contributed by atoms with Crippen molar-refractivity contribution < 1.29 is 22.8 Å². The molecule has 27 heavy (non-hydrogen) atoms. The molecule has 1 aromatic heterocycles. The Hall–Kier alpha value is -2.97. The predicted octanol–water partition coefficient (Wildman–Crippen LogP) is 3.08. The molecule has 3 rings (SSSR count). The molecule has 9 heteroatoms. The van der Waals surface area contributed by atoms with Crippen LogP contribution in [-0.2, 0) is 17.5 Å². The summed E-state index contributed by atoms with van der Waals surface area (Å²) in [5.74, 6) is -0.770. The number of nitrogens with zero attached hydrogens (tertiary/aromatic N) is 2. The Morgan fingerprint density at radius 3 is 2.63 bits per heavy atom. The number of nitrogens with one attached hydrogen (secondary N) is 2. The Kier molecular flexibility index (Phi) is 5.11. The molecule has 6 nitrogen and oxygen atoms in total. The average molecular weight is 378 g/mol. The van der Waals surface area contributed by atoms with E-state index in [1.807, 2.05) is 0 Å². The van der Waals surface area contributed by atoms with Crippen LogP contribution in [-0.4, -0.2) is 21.8 Å². The number of carbonyl (C=O) groups is 2. The van der Waals surface area contributed by atoms with Crippen molar-refractivity contribution in [1.82, 2.24) is 15.3 Å². The number of hydrogen-bond donors (Lipinski definition) is 2. The molecule has 0 atom stereocenters. The maximum atomic E-state index is 13.0. The molecular formula is C18H17F3N4O2. The molecule has 0 spiro atoms. The summed E-state index contributed by atoms with van der Waals surface area (Å²) < 4.78 is 38.9. The van der Waals surface area contributed by atoms with E-state index < -0.39 is 17.6 Å². The molecule has 142 valence electrons. The van der Waals surface area contributed by atoms with Crippen LogP contribution in [0.2, 0.25) is 0 Å². The van der Waals surface area contributed by atoms with Crippen molar-refractivity contribution in [3.63, 3.8) is 0 Å². The van der Waals surface area contributed by atoms with Gasteiger partial charge in [0.05, 0.1) is 5.56 Å². The van der Waals surface area contributed by atoms with Gasteiger partial charge in [0.15, 0.2) is 0 Å². The Morgan fingerprint density at radius 2 is 1.96 bits per heavy atom. The van der Waals surface area contributed by atoms with Crippen molar-refractivity contribution in [3.05, 3.63) is 52.8 Å². The van der Waals surface area contributed by atoms with Gasteiger partial charge in [0, 0.05) is 18.7 Å². The van der Waals surface area contributed by atoms with Gasteiger partial charge in [-0.2, -0.15) is 13.2 Å². The molecule has 0 radical (unpaired) electrons. The zero-order valence-electron chi connectivity index (χ0n) is 14.4. The summed E-state index contributed by atoms with van der Waals surface area (Å²) in [6, 6.07) is 5.18. The van der Waals surface area contributed by atoms with Crippen LogP contribution >= 0.6 is 0 Å². The maximum absolute atomic E-state index is 13.0. The van der Waals surface area contributed by atoms with Gasteiger partial charge in [0.25, 0.3) is 5.91 Å². The fourth-order valence-electron chi connectivity index (χ4n) is 2.55. The third-order valence-electron chi connectivity index (χ3n) is 4.26. The lowest BCUT2D eigenvalue weighted by Gasteiger charge is -2.14. The molecule has 1 aliphatic rings. The summed E-state index contributed by atoms with van der Waals surface area (Å²) in [5, 5.41) is 5.08. The molecule has 1 saturated carbocycles. The van der Waals surface area contributed by atoms with E-state index in [2.05, 4.69) is 20.6 Å². The van der Waals surface area contributed by atoms with Crippen molar-refractivity contribution in [1.29, 1.82) is 0 Å². The van der Waals surface area contributed by atoms with Crippen molar-refractivity contribution in [2.75, 3.05) is 5.32 Å². The quantitative estimate of drug-likeness (QED) is 0.838. The van der Waals surface area contributed by atoms with Crippen molar-refractivity contribution in [2.45, 2.75) is 32.5 Å². The van der Waals surface area contributed by atoms with Gasteiger partial charge < -0.3 is 5.32 Å². The molecule has 0 bridgehead atoms. The molecule has 1 aliphatic carbocycles. The number of carbonyl (C=O) groups excluding carboxylic acids is 2. The van der Waals surface area contributed by atoms with Gasteiger partial charge in [-0.15, -0.1) is 0 Å². The smallest absolute Gasteiger partial charge is 0.347 e. The number of rotatable bonds is 5. The summed E-state index contributed by atoms with van der Waals surface area (Å²) >= 11 is 0. The zero-order chi connectivity index (χ0) is 19.6. The highest BCUT2D eigenvalue weighted by atomic mass is 19.4. The normalized spacial score (nSPS) is 13.9. The molecular weight excluding hydrogens is 361 g/mol. The van der Waals surface area contributed by atoms with Gasteiger partial charge in [0.2, 0.25) is 11.9 Å². The van der Waals surface area contributed by atoms with E-state index in [1.54, 1.807) is 0 Å². The van der Waals surface area contributed by atoms with Crippen LogP contribution in [0.25, 0.3) is 0 Å².